The van der Waals surface area contributed by atoms with E-state index in [4.69, 9.17) is 52.1 Å². The standard InChI is InChI=1S/C46H46O15/c1-45(2)58-34-32(54-44-38(36(34)59-45)60-46(3,4)61-44)26-52-43-37(57-42(50)30-23-15-8-16-24-30)35(56-41(49)29-21-13-7-14-22-29)33(55-40(48)28-19-11-6-12-20-28)31(53-43)25-51-39(47)27-17-9-5-10-18-27/h5-24,31-38,43-44H,25-26H2,1-4H3/t31-,32-,33-,34-,35+,36+,37-,38-,43-,44-/m1/s1. The highest BCUT2D eigenvalue weighted by Crippen LogP contribution is 2.44. The maximum Gasteiger partial charge on any atom is 0.338 e. The lowest BCUT2D eigenvalue weighted by Gasteiger charge is -2.45. The Kier molecular flexibility index (Phi) is 12.3. The largest absolute Gasteiger partial charge is 0.459 e. The topological polar surface area (TPSA) is 170 Å². The van der Waals surface area contributed by atoms with Gasteiger partial charge in [-0.3, -0.25) is 0 Å². The van der Waals surface area contributed by atoms with Crippen LogP contribution in [0.1, 0.15) is 69.1 Å². The van der Waals surface area contributed by atoms with Crippen LogP contribution in [0.15, 0.2) is 121 Å². The lowest BCUT2D eigenvalue weighted by atomic mass is 9.97. The van der Waals surface area contributed by atoms with Gasteiger partial charge in [0.1, 0.15) is 37.1 Å². The highest BCUT2D eigenvalue weighted by Gasteiger charge is 2.61. The van der Waals surface area contributed by atoms with Gasteiger partial charge in [-0.2, -0.15) is 0 Å². The lowest BCUT2D eigenvalue weighted by molar-refractivity contribution is -0.313. The second-order valence-corrected chi connectivity index (χ2v) is 15.8. The Morgan fingerprint density at radius 1 is 0.459 bits per heavy atom. The normalized spacial score (nSPS) is 29.6. The minimum absolute atomic E-state index is 0.152. The fourth-order valence-corrected chi connectivity index (χ4v) is 7.68. The average molecular weight is 839 g/mol. The summed E-state index contributed by atoms with van der Waals surface area (Å²) in [7, 11) is 0. The zero-order valence-corrected chi connectivity index (χ0v) is 33.9. The van der Waals surface area contributed by atoms with Crippen LogP contribution in [0.3, 0.4) is 0 Å². The van der Waals surface area contributed by atoms with Gasteiger partial charge in [0.05, 0.1) is 28.9 Å². The first kappa shape index (κ1) is 42.2. The SMILES string of the molecule is CC1(C)O[C@H]2O[C@H](CO[C@@H]3O[C@H](COC(=O)c4ccccc4)[C@@H](OC(=O)c4ccccc4)[C@H](OC(=O)c4ccccc4)[C@H]3OC(=O)c3ccccc3)[C@H]3OC(C)(C)O[C@@H]3[C@H]2O1. The maximum absolute atomic E-state index is 14.0. The van der Waals surface area contributed by atoms with E-state index >= 15 is 0 Å². The third-order valence-electron chi connectivity index (χ3n) is 10.4. The molecule has 0 aromatic heterocycles. The Balaban J connectivity index is 1.16. The molecule has 4 aliphatic heterocycles. The predicted molar refractivity (Wildman–Crippen MR) is 211 cm³/mol. The lowest BCUT2D eigenvalue weighted by Crippen LogP contribution is -2.64. The van der Waals surface area contributed by atoms with Crippen LogP contribution in [0.25, 0.3) is 0 Å². The van der Waals surface area contributed by atoms with Crippen LogP contribution in [-0.2, 0) is 52.1 Å². The number of hydrogen-bond acceptors (Lipinski definition) is 15. The van der Waals surface area contributed by atoms with Gasteiger partial charge < -0.3 is 52.1 Å². The number of carbonyl (C=O) groups excluding carboxylic acids is 4. The van der Waals surface area contributed by atoms with Crippen molar-refractivity contribution in [1.82, 2.24) is 0 Å². The number of hydrogen-bond donors (Lipinski definition) is 0. The van der Waals surface area contributed by atoms with Crippen LogP contribution in [0.2, 0.25) is 0 Å². The first-order valence-electron chi connectivity index (χ1n) is 20.0. The van der Waals surface area contributed by atoms with E-state index in [1.807, 2.05) is 0 Å². The van der Waals surface area contributed by atoms with E-state index in [2.05, 4.69) is 0 Å². The smallest absolute Gasteiger partial charge is 0.338 e. The van der Waals surface area contributed by atoms with Gasteiger partial charge in [0.15, 0.2) is 42.5 Å². The molecule has 0 N–H and O–H groups in total. The minimum Gasteiger partial charge on any atom is -0.459 e. The molecule has 61 heavy (non-hydrogen) atoms. The molecule has 0 bridgehead atoms. The Labute approximate surface area is 352 Å². The van der Waals surface area contributed by atoms with Gasteiger partial charge in [-0.15, -0.1) is 0 Å². The summed E-state index contributed by atoms with van der Waals surface area (Å²) in [5, 5.41) is 0. The highest BCUT2D eigenvalue weighted by atomic mass is 16.9. The number of esters is 4. The van der Waals surface area contributed by atoms with Crippen LogP contribution in [0.5, 0.6) is 0 Å². The summed E-state index contributed by atoms with van der Waals surface area (Å²) >= 11 is 0. The average Bonchev–Trinajstić information content (AvgIpc) is 3.78. The second-order valence-electron chi connectivity index (χ2n) is 15.8. The van der Waals surface area contributed by atoms with Crippen molar-refractivity contribution in [2.45, 2.75) is 101 Å². The Bertz CT molecular complexity index is 2150. The van der Waals surface area contributed by atoms with Crippen LogP contribution in [0, 0.1) is 0 Å². The van der Waals surface area contributed by atoms with Gasteiger partial charge in [0, 0.05) is 0 Å². The third-order valence-corrected chi connectivity index (χ3v) is 10.4. The summed E-state index contributed by atoms with van der Waals surface area (Å²) in [6.45, 7) is 6.29. The molecule has 320 valence electrons. The molecular formula is C46H46O15. The van der Waals surface area contributed by atoms with Crippen molar-refractivity contribution in [3.63, 3.8) is 0 Å². The zero-order valence-electron chi connectivity index (χ0n) is 33.9. The summed E-state index contributed by atoms with van der Waals surface area (Å²) in [6, 6.07) is 32.6. The van der Waals surface area contributed by atoms with Crippen molar-refractivity contribution in [2.75, 3.05) is 13.2 Å². The van der Waals surface area contributed by atoms with Crippen molar-refractivity contribution in [2.24, 2.45) is 0 Å². The van der Waals surface area contributed by atoms with E-state index in [9.17, 15) is 19.2 Å². The van der Waals surface area contributed by atoms with Crippen LogP contribution in [0.4, 0.5) is 0 Å². The molecule has 4 aromatic rings. The van der Waals surface area contributed by atoms with Gasteiger partial charge in [-0.25, -0.2) is 19.2 Å². The zero-order chi connectivity index (χ0) is 42.7. The van der Waals surface area contributed by atoms with Gasteiger partial charge in [-0.1, -0.05) is 72.8 Å². The van der Waals surface area contributed by atoms with E-state index in [1.165, 1.54) is 12.1 Å². The summed E-state index contributed by atoms with van der Waals surface area (Å²) < 4.78 is 68.4. The third kappa shape index (κ3) is 9.68. The second kappa shape index (κ2) is 17.8. The minimum atomic E-state index is -1.60. The van der Waals surface area contributed by atoms with E-state index in [0.717, 1.165) is 0 Å². The Morgan fingerprint density at radius 2 is 0.885 bits per heavy atom. The molecule has 0 spiro atoms. The van der Waals surface area contributed by atoms with Crippen molar-refractivity contribution in [3.05, 3.63) is 144 Å². The van der Waals surface area contributed by atoms with E-state index in [-0.39, 0.29) is 28.9 Å². The molecular weight excluding hydrogens is 792 g/mol. The first-order chi connectivity index (χ1) is 29.3. The molecule has 0 amide bonds. The predicted octanol–water partition coefficient (Wildman–Crippen LogP) is 5.66. The molecule has 0 aliphatic carbocycles. The van der Waals surface area contributed by atoms with Crippen molar-refractivity contribution < 1.29 is 71.3 Å². The molecule has 15 heteroatoms. The van der Waals surface area contributed by atoms with E-state index < -0.39 is 103 Å². The van der Waals surface area contributed by atoms with Gasteiger partial charge in [-0.05, 0) is 76.2 Å². The highest BCUT2D eigenvalue weighted by molar-refractivity contribution is 5.91. The first-order valence-corrected chi connectivity index (χ1v) is 20.0. The molecule has 4 aromatic carbocycles. The molecule has 4 fully saturated rings. The maximum atomic E-state index is 14.0. The Morgan fingerprint density at radius 3 is 1.41 bits per heavy atom. The number of benzene rings is 4. The van der Waals surface area contributed by atoms with Crippen molar-refractivity contribution >= 4 is 23.9 Å². The van der Waals surface area contributed by atoms with Gasteiger partial charge in [0.25, 0.3) is 0 Å². The molecule has 4 heterocycles. The quantitative estimate of drug-likeness (QED) is 0.126. The summed E-state index contributed by atoms with van der Waals surface area (Å²) in [5.74, 6) is -5.18. The molecule has 10 atom stereocenters. The van der Waals surface area contributed by atoms with E-state index in [1.54, 1.807) is 137 Å². The molecule has 0 saturated carbocycles. The Hall–Kier alpha value is -5.52. The van der Waals surface area contributed by atoms with Crippen molar-refractivity contribution in [1.29, 1.82) is 0 Å². The molecule has 15 nitrogen and oxygen atoms in total. The molecule has 4 aliphatic rings. The molecule has 0 unspecified atom stereocenters. The van der Waals surface area contributed by atoms with Crippen LogP contribution < -0.4 is 0 Å². The van der Waals surface area contributed by atoms with Crippen molar-refractivity contribution in [3.8, 4) is 0 Å². The number of carbonyl (C=O) groups is 4. The van der Waals surface area contributed by atoms with Crippen LogP contribution >= 0.6 is 0 Å². The number of ether oxygens (including phenoxy) is 11. The molecule has 8 rings (SSSR count). The fraction of sp³-hybridized carbons (Fsp3) is 0.391. The number of rotatable bonds is 12. The van der Waals surface area contributed by atoms with Gasteiger partial charge >= 0.3 is 23.9 Å². The summed E-state index contributed by atoms with van der Waals surface area (Å²) in [4.78, 5) is 55.1. The van der Waals surface area contributed by atoms with E-state index in [0.29, 0.717) is 0 Å². The monoisotopic (exact) mass is 838 g/mol. The van der Waals surface area contributed by atoms with Crippen LogP contribution in [-0.4, -0.2) is 110 Å². The van der Waals surface area contributed by atoms with Gasteiger partial charge in [0.2, 0.25) is 0 Å². The number of fused-ring (bicyclic) bond motifs is 3. The molecule has 0 radical (unpaired) electrons. The molecule has 4 saturated heterocycles. The summed E-state index contributed by atoms with van der Waals surface area (Å²) in [6.07, 6.45) is -11.3. The summed E-state index contributed by atoms with van der Waals surface area (Å²) in [5.41, 5.74) is 0.724. The fourth-order valence-electron chi connectivity index (χ4n) is 7.68.